The zero-order valence-corrected chi connectivity index (χ0v) is 11.3. The molecule has 0 aromatic heterocycles. The van der Waals surface area contributed by atoms with E-state index in [0.29, 0.717) is 0 Å². The molecule has 0 aliphatic carbocycles. The molecular weight excluding hydrogens is 212 g/mol. The number of carbonyl (C=O) groups is 1. The van der Waals surface area contributed by atoms with Crippen molar-refractivity contribution in [1.29, 1.82) is 0 Å². The lowest BCUT2D eigenvalue weighted by atomic mass is 10.2. The number of hydrogen-bond acceptors (Lipinski definition) is 2. The van der Waals surface area contributed by atoms with E-state index >= 15 is 0 Å². The smallest absolute Gasteiger partial charge is 0.209 e. The van der Waals surface area contributed by atoms with E-state index in [-0.39, 0.29) is 0 Å². The molecule has 1 aliphatic rings. The quantitative estimate of drug-likeness (QED) is 0.403. The van der Waals surface area contributed by atoms with Gasteiger partial charge in [-0.1, -0.05) is 31.4 Å². The molecule has 0 aromatic rings. The lowest BCUT2D eigenvalue weighted by Gasteiger charge is -2.20. The van der Waals surface area contributed by atoms with Gasteiger partial charge in [-0.25, -0.2) is 0 Å². The zero-order chi connectivity index (χ0) is 12.5. The van der Waals surface area contributed by atoms with Crippen LogP contribution >= 0.6 is 0 Å². The second-order valence-electron chi connectivity index (χ2n) is 4.96. The molecule has 0 saturated carbocycles. The normalized spacial score (nSPS) is 19.2. The Kier molecular flexibility index (Phi) is 6.94. The lowest BCUT2D eigenvalue weighted by Crippen LogP contribution is -2.31. The topological polar surface area (TPSA) is 23.6 Å². The van der Waals surface area contributed by atoms with Gasteiger partial charge in [0.15, 0.2) is 0 Å². The van der Waals surface area contributed by atoms with E-state index in [1.807, 2.05) is 4.90 Å². The summed E-state index contributed by atoms with van der Waals surface area (Å²) in [6.07, 6.45) is 8.20. The van der Waals surface area contributed by atoms with Crippen LogP contribution in [0.2, 0.25) is 0 Å². The molecule has 1 fully saturated rings. The third kappa shape index (κ3) is 5.87. The van der Waals surface area contributed by atoms with Crippen molar-refractivity contribution >= 4 is 6.41 Å². The Hall–Kier alpha value is -0.830. The molecule has 3 nitrogen and oxygen atoms in total. The number of rotatable bonds is 6. The Balaban J connectivity index is 2.30. The first kappa shape index (κ1) is 14.2. The highest BCUT2D eigenvalue weighted by Gasteiger charge is 2.12. The summed E-state index contributed by atoms with van der Waals surface area (Å²) in [7, 11) is 0. The summed E-state index contributed by atoms with van der Waals surface area (Å²) in [4.78, 5) is 15.1. The molecule has 0 N–H and O–H groups in total. The Bertz CT molecular complexity index is 251. The van der Waals surface area contributed by atoms with E-state index in [2.05, 4.69) is 24.8 Å². The van der Waals surface area contributed by atoms with Crippen molar-refractivity contribution in [3.8, 4) is 0 Å². The van der Waals surface area contributed by atoms with Crippen molar-refractivity contribution in [2.45, 2.75) is 39.5 Å². The molecule has 0 unspecified atom stereocenters. The maximum atomic E-state index is 10.7. The molecule has 1 amide bonds. The van der Waals surface area contributed by atoms with Gasteiger partial charge in [-0.3, -0.25) is 9.69 Å². The van der Waals surface area contributed by atoms with Crippen LogP contribution in [0.15, 0.2) is 11.6 Å². The number of amides is 1. The molecule has 0 aromatic carbocycles. The Morgan fingerprint density at radius 3 is 2.76 bits per heavy atom. The highest BCUT2D eigenvalue weighted by atomic mass is 16.1. The van der Waals surface area contributed by atoms with E-state index in [4.69, 9.17) is 0 Å². The predicted molar refractivity (Wildman–Crippen MR) is 72.0 cm³/mol. The second-order valence-corrected chi connectivity index (χ2v) is 4.96. The van der Waals surface area contributed by atoms with Gasteiger partial charge in [-0.05, 0) is 19.8 Å². The van der Waals surface area contributed by atoms with Gasteiger partial charge in [0.25, 0.3) is 0 Å². The van der Waals surface area contributed by atoms with Gasteiger partial charge in [0.1, 0.15) is 0 Å². The van der Waals surface area contributed by atoms with Crippen molar-refractivity contribution in [2.24, 2.45) is 0 Å². The lowest BCUT2D eigenvalue weighted by molar-refractivity contribution is -0.118. The number of carbonyl (C=O) groups excluding carboxylic acids is 1. The number of nitrogens with zero attached hydrogens (tertiary/aromatic N) is 2. The fraction of sp³-hybridized carbons (Fsp3) is 0.786. The molecule has 3 heteroatoms. The van der Waals surface area contributed by atoms with E-state index < -0.39 is 0 Å². The molecule has 17 heavy (non-hydrogen) atoms. The van der Waals surface area contributed by atoms with E-state index in [1.165, 1.54) is 24.8 Å². The molecule has 1 aliphatic heterocycles. The van der Waals surface area contributed by atoms with Crippen molar-refractivity contribution < 1.29 is 4.79 Å². The Labute approximate surface area is 105 Å². The molecule has 1 rings (SSSR count). The fourth-order valence-electron chi connectivity index (χ4n) is 2.22. The average molecular weight is 238 g/mol. The number of unbranched alkanes of at least 4 members (excludes halogenated alkanes) is 2. The molecule has 0 atom stereocenters. The van der Waals surface area contributed by atoms with Gasteiger partial charge in [0.2, 0.25) is 6.41 Å². The van der Waals surface area contributed by atoms with Crippen LogP contribution in [0.5, 0.6) is 0 Å². The molecular formula is C14H26N2O. The maximum Gasteiger partial charge on any atom is 0.209 e. The van der Waals surface area contributed by atoms with Crippen LogP contribution in [0.3, 0.4) is 0 Å². The average Bonchev–Trinajstić information content (AvgIpc) is 2.54. The van der Waals surface area contributed by atoms with Crippen LogP contribution < -0.4 is 0 Å². The highest BCUT2D eigenvalue weighted by Crippen LogP contribution is 2.07. The first-order chi connectivity index (χ1) is 8.26. The number of hydrogen-bond donors (Lipinski definition) is 0. The number of allylic oxidation sites excluding steroid dienone is 1. The van der Waals surface area contributed by atoms with Gasteiger partial charge in [-0.2, -0.15) is 0 Å². The van der Waals surface area contributed by atoms with Gasteiger partial charge in [0, 0.05) is 32.7 Å². The van der Waals surface area contributed by atoms with Crippen molar-refractivity contribution in [3.05, 3.63) is 11.6 Å². The molecule has 0 radical (unpaired) electrons. The third-order valence-electron chi connectivity index (χ3n) is 3.30. The van der Waals surface area contributed by atoms with Crippen LogP contribution in [0.4, 0.5) is 0 Å². The SMILES string of the molecule is CCCCC=C(C)CN1CCCN(C=O)CC1. The van der Waals surface area contributed by atoms with Gasteiger partial charge >= 0.3 is 0 Å². The second kappa shape index (κ2) is 8.29. The third-order valence-corrected chi connectivity index (χ3v) is 3.30. The molecule has 1 saturated heterocycles. The Morgan fingerprint density at radius 1 is 1.24 bits per heavy atom. The van der Waals surface area contributed by atoms with Crippen molar-refractivity contribution in [1.82, 2.24) is 9.80 Å². The minimum atomic E-state index is 0.881. The van der Waals surface area contributed by atoms with Gasteiger partial charge < -0.3 is 4.90 Å². The summed E-state index contributed by atoms with van der Waals surface area (Å²) in [5.41, 5.74) is 1.47. The monoisotopic (exact) mass is 238 g/mol. The van der Waals surface area contributed by atoms with Crippen LogP contribution in [-0.2, 0) is 4.79 Å². The summed E-state index contributed by atoms with van der Waals surface area (Å²) in [6.45, 7) is 9.44. The van der Waals surface area contributed by atoms with E-state index in [9.17, 15) is 4.79 Å². The van der Waals surface area contributed by atoms with Crippen molar-refractivity contribution in [3.63, 3.8) is 0 Å². The molecule has 98 valence electrons. The summed E-state index contributed by atoms with van der Waals surface area (Å²) in [5.74, 6) is 0. The molecule has 0 bridgehead atoms. The van der Waals surface area contributed by atoms with Crippen LogP contribution in [0.1, 0.15) is 39.5 Å². The summed E-state index contributed by atoms with van der Waals surface area (Å²) < 4.78 is 0. The summed E-state index contributed by atoms with van der Waals surface area (Å²) in [5, 5.41) is 0. The standard InChI is InChI=1S/C14H26N2O/c1-3-4-5-7-14(2)12-15-8-6-9-16(13-17)11-10-15/h7,13H,3-6,8-12H2,1-2H3. The van der Waals surface area contributed by atoms with Gasteiger partial charge in [-0.15, -0.1) is 0 Å². The van der Waals surface area contributed by atoms with Gasteiger partial charge in [0.05, 0.1) is 0 Å². The molecule has 1 heterocycles. The largest absolute Gasteiger partial charge is 0.344 e. The minimum Gasteiger partial charge on any atom is -0.344 e. The summed E-state index contributed by atoms with van der Waals surface area (Å²) >= 11 is 0. The van der Waals surface area contributed by atoms with Crippen LogP contribution in [0.25, 0.3) is 0 Å². The van der Waals surface area contributed by atoms with Crippen LogP contribution in [-0.4, -0.2) is 48.9 Å². The molecule has 0 spiro atoms. The first-order valence-electron chi connectivity index (χ1n) is 6.83. The highest BCUT2D eigenvalue weighted by molar-refractivity contribution is 5.46. The maximum absolute atomic E-state index is 10.7. The Morgan fingerprint density at radius 2 is 2.06 bits per heavy atom. The summed E-state index contributed by atoms with van der Waals surface area (Å²) in [6, 6.07) is 0. The van der Waals surface area contributed by atoms with E-state index in [1.54, 1.807) is 0 Å². The minimum absolute atomic E-state index is 0.881. The van der Waals surface area contributed by atoms with E-state index in [0.717, 1.165) is 45.6 Å². The zero-order valence-electron chi connectivity index (χ0n) is 11.3. The van der Waals surface area contributed by atoms with Crippen LogP contribution in [0, 0.1) is 0 Å². The van der Waals surface area contributed by atoms with Crippen molar-refractivity contribution in [2.75, 3.05) is 32.7 Å². The first-order valence-corrected chi connectivity index (χ1v) is 6.83. The fourth-order valence-corrected chi connectivity index (χ4v) is 2.22. The predicted octanol–water partition coefficient (Wildman–Crippen LogP) is 2.29.